The van der Waals surface area contributed by atoms with Crippen LogP contribution in [-0.4, -0.2) is 42.6 Å². The van der Waals surface area contributed by atoms with Gasteiger partial charge in [-0.25, -0.2) is 0 Å². The number of fused-ring (bicyclic) bond motifs is 2. The minimum atomic E-state index is -0.307. The average Bonchev–Trinajstić information content (AvgIpc) is 3.11. The van der Waals surface area contributed by atoms with Crippen molar-refractivity contribution in [1.82, 2.24) is 10.2 Å². The molecule has 1 aromatic carbocycles. The van der Waals surface area contributed by atoms with E-state index in [4.69, 9.17) is 4.74 Å². The number of nitrogens with zero attached hydrogens (tertiary/aromatic N) is 1. The van der Waals surface area contributed by atoms with E-state index in [-0.39, 0.29) is 24.4 Å². The molecule has 0 radical (unpaired) electrons. The molecule has 3 unspecified atom stereocenters. The number of para-hydroxylation sites is 1. The van der Waals surface area contributed by atoms with Gasteiger partial charge in [0.2, 0.25) is 0 Å². The number of halogens is 1. The second-order valence-electron chi connectivity index (χ2n) is 6.10. The van der Waals surface area contributed by atoms with Gasteiger partial charge in [-0.3, -0.25) is 4.79 Å². The van der Waals surface area contributed by atoms with E-state index in [9.17, 15) is 4.79 Å². The SMILES string of the molecule is Cl.O=C(C1Cc2ccccc2O1)N1CCC2NCCC2C1. The summed E-state index contributed by atoms with van der Waals surface area (Å²) in [6.45, 7) is 2.86. The highest BCUT2D eigenvalue weighted by Gasteiger charge is 2.38. The van der Waals surface area contributed by atoms with Crippen molar-refractivity contribution in [3.05, 3.63) is 29.8 Å². The minimum absolute atomic E-state index is 0. The summed E-state index contributed by atoms with van der Waals surface area (Å²) in [6, 6.07) is 8.60. The van der Waals surface area contributed by atoms with E-state index < -0.39 is 0 Å². The first kappa shape index (κ1) is 14.7. The van der Waals surface area contributed by atoms with Crippen LogP contribution in [0.4, 0.5) is 0 Å². The smallest absolute Gasteiger partial charge is 0.264 e. The Morgan fingerprint density at radius 3 is 3.00 bits per heavy atom. The number of amides is 1. The fourth-order valence-electron chi connectivity index (χ4n) is 3.77. The first-order valence-electron chi connectivity index (χ1n) is 7.58. The highest BCUT2D eigenvalue weighted by Crippen LogP contribution is 2.31. The molecule has 3 aliphatic rings. The lowest BCUT2D eigenvalue weighted by atomic mass is 9.93. The molecule has 4 nitrogen and oxygen atoms in total. The third-order valence-corrected chi connectivity index (χ3v) is 4.89. The summed E-state index contributed by atoms with van der Waals surface area (Å²) in [6.07, 6.45) is 2.69. The number of carbonyl (C=O) groups excluding carboxylic acids is 1. The maximum atomic E-state index is 12.6. The van der Waals surface area contributed by atoms with Crippen molar-refractivity contribution in [3.63, 3.8) is 0 Å². The number of likely N-dealkylation sites (tertiary alicyclic amines) is 1. The lowest BCUT2D eigenvalue weighted by molar-refractivity contribution is -0.139. The molecule has 1 amide bonds. The molecule has 0 bridgehead atoms. The molecular weight excluding hydrogens is 288 g/mol. The molecule has 3 heterocycles. The van der Waals surface area contributed by atoms with Crippen LogP contribution in [-0.2, 0) is 11.2 Å². The molecule has 3 atom stereocenters. The lowest BCUT2D eigenvalue weighted by Gasteiger charge is -2.35. The average molecular weight is 309 g/mol. The van der Waals surface area contributed by atoms with Crippen LogP contribution in [0.1, 0.15) is 18.4 Å². The number of rotatable bonds is 1. The molecule has 1 aromatic rings. The Balaban J connectivity index is 0.00000132. The number of hydrogen-bond donors (Lipinski definition) is 1. The van der Waals surface area contributed by atoms with Gasteiger partial charge in [-0.15, -0.1) is 12.4 Å². The van der Waals surface area contributed by atoms with Crippen LogP contribution in [0.2, 0.25) is 0 Å². The summed E-state index contributed by atoms with van der Waals surface area (Å²) in [4.78, 5) is 14.7. The summed E-state index contributed by atoms with van der Waals surface area (Å²) < 4.78 is 5.83. The zero-order valence-electron chi connectivity index (χ0n) is 12.0. The normalized spacial score (nSPS) is 30.1. The van der Waals surface area contributed by atoms with E-state index in [0.29, 0.717) is 12.0 Å². The summed E-state index contributed by atoms with van der Waals surface area (Å²) in [5, 5.41) is 3.53. The monoisotopic (exact) mass is 308 g/mol. The minimum Gasteiger partial charge on any atom is -0.480 e. The Labute approximate surface area is 131 Å². The molecule has 21 heavy (non-hydrogen) atoms. The number of piperidine rings is 1. The van der Waals surface area contributed by atoms with Gasteiger partial charge in [-0.1, -0.05) is 18.2 Å². The summed E-state index contributed by atoms with van der Waals surface area (Å²) in [5.41, 5.74) is 1.16. The third-order valence-electron chi connectivity index (χ3n) is 4.89. The van der Waals surface area contributed by atoms with Crippen molar-refractivity contribution in [3.8, 4) is 5.75 Å². The Morgan fingerprint density at radius 2 is 2.14 bits per heavy atom. The van der Waals surface area contributed by atoms with E-state index in [1.165, 1.54) is 6.42 Å². The Morgan fingerprint density at radius 1 is 1.29 bits per heavy atom. The molecule has 2 saturated heterocycles. The van der Waals surface area contributed by atoms with Gasteiger partial charge in [0.05, 0.1) is 0 Å². The van der Waals surface area contributed by atoms with E-state index in [0.717, 1.165) is 43.8 Å². The van der Waals surface area contributed by atoms with Crippen LogP contribution in [0.5, 0.6) is 5.75 Å². The maximum absolute atomic E-state index is 12.6. The zero-order valence-corrected chi connectivity index (χ0v) is 12.8. The summed E-state index contributed by atoms with van der Waals surface area (Å²) >= 11 is 0. The standard InChI is InChI=1S/C16H20N2O2.ClH/c19-16(15-9-11-3-1-2-4-14(11)20-15)18-8-6-13-12(10-18)5-7-17-13;/h1-4,12-13,15,17H,5-10H2;1H. The van der Waals surface area contributed by atoms with E-state index in [1.807, 2.05) is 23.1 Å². The van der Waals surface area contributed by atoms with Crippen LogP contribution in [0.25, 0.3) is 0 Å². The van der Waals surface area contributed by atoms with Crippen molar-refractivity contribution in [2.75, 3.05) is 19.6 Å². The predicted molar refractivity (Wildman–Crippen MR) is 82.9 cm³/mol. The van der Waals surface area contributed by atoms with E-state index in [2.05, 4.69) is 11.4 Å². The highest BCUT2D eigenvalue weighted by molar-refractivity contribution is 5.85. The first-order valence-corrected chi connectivity index (χ1v) is 7.58. The predicted octanol–water partition coefficient (Wildman–Crippen LogP) is 1.62. The lowest BCUT2D eigenvalue weighted by Crippen LogP contribution is -2.50. The Bertz CT molecular complexity index is 512. The molecule has 3 aliphatic heterocycles. The fraction of sp³-hybridized carbons (Fsp3) is 0.562. The van der Waals surface area contributed by atoms with E-state index in [1.54, 1.807) is 0 Å². The number of hydrogen-bond acceptors (Lipinski definition) is 3. The second kappa shape index (κ2) is 5.85. The van der Waals surface area contributed by atoms with Gasteiger partial charge in [0.25, 0.3) is 5.91 Å². The maximum Gasteiger partial charge on any atom is 0.264 e. The Kier molecular flexibility index (Phi) is 4.09. The van der Waals surface area contributed by atoms with Crippen molar-refractivity contribution in [1.29, 1.82) is 0 Å². The largest absolute Gasteiger partial charge is 0.480 e. The number of nitrogens with one attached hydrogen (secondary N) is 1. The molecule has 5 heteroatoms. The molecule has 114 valence electrons. The Hall–Kier alpha value is -1.26. The van der Waals surface area contributed by atoms with Crippen molar-refractivity contribution in [2.45, 2.75) is 31.4 Å². The van der Waals surface area contributed by atoms with Crippen molar-refractivity contribution < 1.29 is 9.53 Å². The van der Waals surface area contributed by atoms with Crippen LogP contribution in [0, 0.1) is 5.92 Å². The number of benzene rings is 1. The van der Waals surface area contributed by atoms with Crippen LogP contribution in [0.3, 0.4) is 0 Å². The van der Waals surface area contributed by atoms with E-state index >= 15 is 0 Å². The third kappa shape index (κ3) is 2.62. The van der Waals surface area contributed by atoms with Crippen LogP contribution >= 0.6 is 12.4 Å². The fourth-order valence-corrected chi connectivity index (χ4v) is 3.77. The van der Waals surface area contributed by atoms with Gasteiger partial charge in [0.15, 0.2) is 6.10 Å². The van der Waals surface area contributed by atoms with Crippen molar-refractivity contribution >= 4 is 18.3 Å². The van der Waals surface area contributed by atoms with Crippen molar-refractivity contribution in [2.24, 2.45) is 5.92 Å². The highest BCUT2D eigenvalue weighted by atomic mass is 35.5. The van der Waals surface area contributed by atoms with Gasteiger partial charge < -0.3 is 15.0 Å². The van der Waals surface area contributed by atoms with Gasteiger partial charge in [-0.05, 0) is 36.9 Å². The summed E-state index contributed by atoms with van der Waals surface area (Å²) in [7, 11) is 0. The van der Waals surface area contributed by atoms with Gasteiger partial charge in [0, 0.05) is 25.6 Å². The molecule has 0 aliphatic carbocycles. The molecule has 0 spiro atoms. The van der Waals surface area contributed by atoms with Crippen LogP contribution < -0.4 is 10.1 Å². The number of ether oxygens (including phenoxy) is 1. The number of carbonyl (C=O) groups is 1. The second-order valence-corrected chi connectivity index (χ2v) is 6.10. The molecule has 0 saturated carbocycles. The van der Waals surface area contributed by atoms with Crippen LogP contribution in [0.15, 0.2) is 24.3 Å². The molecule has 1 N–H and O–H groups in total. The van der Waals surface area contributed by atoms with Gasteiger partial charge in [-0.2, -0.15) is 0 Å². The zero-order chi connectivity index (χ0) is 13.5. The topological polar surface area (TPSA) is 41.6 Å². The van der Waals surface area contributed by atoms with Gasteiger partial charge in [0.1, 0.15) is 5.75 Å². The molecule has 2 fully saturated rings. The first-order chi connectivity index (χ1) is 9.81. The quantitative estimate of drug-likeness (QED) is 0.857. The van der Waals surface area contributed by atoms with Gasteiger partial charge >= 0.3 is 0 Å². The molecular formula is C16H21ClN2O2. The molecule has 4 rings (SSSR count). The molecule has 0 aromatic heterocycles. The summed E-state index contributed by atoms with van der Waals surface area (Å²) in [5.74, 6) is 1.69.